The molecule has 1 atom stereocenters. The van der Waals surface area contributed by atoms with Gasteiger partial charge in [0.25, 0.3) is 0 Å². The molecule has 0 aromatic rings. The van der Waals surface area contributed by atoms with Crippen molar-refractivity contribution in [3.8, 4) is 0 Å². The van der Waals surface area contributed by atoms with Gasteiger partial charge in [-0.25, -0.2) is 0 Å². The lowest BCUT2D eigenvalue weighted by Gasteiger charge is -2.20. The molecule has 0 amide bonds. The summed E-state index contributed by atoms with van der Waals surface area (Å²) in [5.74, 6) is 1.98. The highest BCUT2D eigenvalue weighted by Crippen LogP contribution is 2.37. The van der Waals surface area contributed by atoms with Gasteiger partial charge in [0, 0.05) is 18.3 Å². The van der Waals surface area contributed by atoms with Gasteiger partial charge in [0.1, 0.15) is 0 Å². The van der Waals surface area contributed by atoms with E-state index in [1.807, 2.05) is 11.8 Å². The van der Waals surface area contributed by atoms with Gasteiger partial charge in [-0.05, 0) is 30.6 Å². The van der Waals surface area contributed by atoms with Crippen LogP contribution in [0.4, 0.5) is 0 Å². The maximum Gasteiger partial charge on any atom is 0.156 e. The highest BCUT2D eigenvalue weighted by atomic mass is 32.2. The molecule has 0 bridgehead atoms. The Morgan fingerprint density at radius 1 is 1.41 bits per heavy atom. The molecule has 1 aliphatic heterocycles. The monoisotopic (exact) mass is 254 g/mol. The first-order valence-corrected chi connectivity index (χ1v) is 8.00. The minimum atomic E-state index is 0.491. The van der Waals surface area contributed by atoms with Gasteiger partial charge in [-0.1, -0.05) is 45.4 Å². The maximum atomic E-state index is 4.80. The van der Waals surface area contributed by atoms with Crippen LogP contribution in [0.25, 0.3) is 0 Å². The highest BCUT2D eigenvalue weighted by molar-refractivity contribution is 8.14. The van der Waals surface area contributed by atoms with Gasteiger partial charge in [-0.2, -0.15) is 0 Å². The first-order chi connectivity index (χ1) is 8.07. The van der Waals surface area contributed by atoms with Crippen molar-refractivity contribution in [2.45, 2.75) is 58.9 Å². The van der Waals surface area contributed by atoms with Crippen molar-refractivity contribution in [3.05, 3.63) is 0 Å². The van der Waals surface area contributed by atoms with Crippen LogP contribution in [0.1, 0.15) is 52.9 Å². The smallest absolute Gasteiger partial charge is 0.156 e. The molecule has 1 heterocycles. The number of hydrogen-bond donors (Lipinski definition) is 1. The van der Waals surface area contributed by atoms with E-state index in [0.29, 0.717) is 11.5 Å². The first kappa shape index (κ1) is 13.3. The topological polar surface area (TPSA) is 24.4 Å². The van der Waals surface area contributed by atoms with E-state index in [1.54, 1.807) is 0 Å². The Kier molecular flexibility index (Phi) is 4.40. The summed E-state index contributed by atoms with van der Waals surface area (Å²) in [5.41, 5.74) is 0.491. The van der Waals surface area contributed by atoms with E-state index in [0.717, 1.165) is 12.5 Å². The summed E-state index contributed by atoms with van der Waals surface area (Å²) in [5, 5.41) is 4.77. The van der Waals surface area contributed by atoms with E-state index in [2.05, 4.69) is 26.1 Å². The van der Waals surface area contributed by atoms with Crippen LogP contribution in [0.5, 0.6) is 0 Å². The molecule has 0 radical (unpaired) electrons. The van der Waals surface area contributed by atoms with Crippen LogP contribution in [0.3, 0.4) is 0 Å². The molecule has 2 aliphatic rings. The van der Waals surface area contributed by atoms with Crippen LogP contribution in [-0.4, -0.2) is 23.5 Å². The predicted octanol–water partition coefficient (Wildman–Crippen LogP) is 3.67. The van der Waals surface area contributed by atoms with Crippen molar-refractivity contribution in [3.63, 3.8) is 0 Å². The van der Waals surface area contributed by atoms with Crippen molar-refractivity contribution in [2.24, 2.45) is 16.3 Å². The zero-order valence-electron chi connectivity index (χ0n) is 11.5. The van der Waals surface area contributed by atoms with E-state index in [1.165, 1.54) is 43.0 Å². The summed E-state index contributed by atoms with van der Waals surface area (Å²) in [6, 6.07) is 0.648. The average molecular weight is 254 g/mol. The van der Waals surface area contributed by atoms with Crippen molar-refractivity contribution >= 4 is 16.9 Å². The van der Waals surface area contributed by atoms with E-state index >= 15 is 0 Å². The molecule has 2 fully saturated rings. The minimum absolute atomic E-state index is 0.491. The van der Waals surface area contributed by atoms with E-state index in [-0.39, 0.29) is 0 Å². The summed E-state index contributed by atoms with van der Waals surface area (Å²) in [7, 11) is 0. The number of nitrogens with zero attached hydrogens (tertiary/aromatic N) is 1. The normalized spacial score (nSPS) is 30.1. The van der Waals surface area contributed by atoms with Gasteiger partial charge in [0.05, 0.1) is 0 Å². The number of amidine groups is 1. The first-order valence-electron chi connectivity index (χ1n) is 7.01. The van der Waals surface area contributed by atoms with Crippen molar-refractivity contribution < 1.29 is 0 Å². The zero-order chi connectivity index (χ0) is 12.3. The average Bonchev–Trinajstić information content (AvgIpc) is 2.85. The molecular formula is C14H26N2S. The molecule has 0 spiro atoms. The number of thioether (sulfide) groups is 1. The molecule has 98 valence electrons. The maximum absolute atomic E-state index is 4.80. The number of aliphatic imine (C=N–C) groups is 1. The quantitative estimate of drug-likeness (QED) is 0.827. The summed E-state index contributed by atoms with van der Waals surface area (Å²) in [4.78, 5) is 4.80. The number of nitrogens with one attached hydrogen (secondary N) is 1. The fraction of sp³-hybridized carbons (Fsp3) is 0.929. The zero-order valence-corrected chi connectivity index (χ0v) is 12.3. The van der Waals surface area contributed by atoms with Crippen LogP contribution < -0.4 is 5.32 Å². The van der Waals surface area contributed by atoms with Gasteiger partial charge in [0.2, 0.25) is 0 Å². The Morgan fingerprint density at radius 2 is 2.12 bits per heavy atom. The van der Waals surface area contributed by atoms with Crippen molar-refractivity contribution in [2.75, 3.05) is 12.3 Å². The summed E-state index contributed by atoms with van der Waals surface area (Å²) < 4.78 is 0. The molecule has 17 heavy (non-hydrogen) atoms. The Labute approximate surface area is 110 Å². The number of hydrogen-bond acceptors (Lipinski definition) is 2. The van der Waals surface area contributed by atoms with E-state index in [9.17, 15) is 0 Å². The minimum Gasteiger partial charge on any atom is -0.361 e. The lowest BCUT2D eigenvalue weighted by Crippen LogP contribution is -2.29. The van der Waals surface area contributed by atoms with Gasteiger partial charge in [0.15, 0.2) is 5.17 Å². The summed E-state index contributed by atoms with van der Waals surface area (Å²) in [6.07, 6.45) is 6.80. The van der Waals surface area contributed by atoms with Crippen LogP contribution in [-0.2, 0) is 0 Å². The molecule has 0 aromatic heterocycles. The van der Waals surface area contributed by atoms with Crippen molar-refractivity contribution in [1.29, 1.82) is 0 Å². The largest absolute Gasteiger partial charge is 0.361 e. The number of rotatable bonds is 4. The standard InChI is InChI=1S/C14H26N2S/c1-11(2)8-12-9-17-13(16-12)15-10-14(3)6-4-5-7-14/h11-12H,4-10H2,1-3H3,(H,15,16). The van der Waals surface area contributed by atoms with Crippen LogP contribution in [0, 0.1) is 11.3 Å². The lowest BCUT2D eigenvalue weighted by molar-refractivity contribution is 0.351. The van der Waals surface area contributed by atoms with Gasteiger partial charge < -0.3 is 5.32 Å². The summed E-state index contributed by atoms with van der Waals surface area (Å²) >= 11 is 1.91. The molecule has 1 saturated carbocycles. The molecule has 1 saturated heterocycles. The third-order valence-corrected chi connectivity index (χ3v) is 5.01. The second kappa shape index (κ2) is 5.64. The molecule has 0 aromatic carbocycles. The van der Waals surface area contributed by atoms with Crippen LogP contribution in [0.15, 0.2) is 4.99 Å². The third kappa shape index (κ3) is 3.90. The second-order valence-electron chi connectivity index (χ2n) is 6.42. The van der Waals surface area contributed by atoms with Crippen molar-refractivity contribution in [1.82, 2.24) is 5.32 Å². The Morgan fingerprint density at radius 3 is 2.76 bits per heavy atom. The molecule has 3 heteroatoms. The van der Waals surface area contributed by atoms with Crippen LogP contribution >= 0.6 is 11.8 Å². The molecule has 1 aliphatic carbocycles. The van der Waals surface area contributed by atoms with Gasteiger partial charge in [-0.15, -0.1) is 0 Å². The Balaban J connectivity index is 1.79. The lowest BCUT2D eigenvalue weighted by atomic mass is 9.89. The predicted molar refractivity (Wildman–Crippen MR) is 77.7 cm³/mol. The third-order valence-electron chi connectivity index (χ3n) is 3.92. The summed E-state index contributed by atoms with van der Waals surface area (Å²) in [6.45, 7) is 8.01. The van der Waals surface area contributed by atoms with E-state index < -0.39 is 0 Å². The van der Waals surface area contributed by atoms with Gasteiger partial charge >= 0.3 is 0 Å². The molecule has 1 N–H and O–H groups in total. The van der Waals surface area contributed by atoms with E-state index in [4.69, 9.17) is 4.99 Å². The van der Waals surface area contributed by atoms with Crippen LogP contribution in [0.2, 0.25) is 0 Å². The molecule has 2 rings (SSSR count). The second-order valence-corrected chi connectivity index (χ2v) is 7.43. The molecular weight excluding hydrogens is 228 g/mol. The fourth-order valence-corrected chi connectivity index (χ4v) is 3.86. The Hall–Kier alpha value is -0.180. The molecule has 2 nitrogen and oxygen atoms in total. The Bertz CT molecular complexity index is 280. The fourth-order valence-electron chi connectivity index (χ4n) is 2.87. The molecule has 1 unspecified atom stereocenters. The SMILES string of the molecule is CC(C)CC1CSC(=NCC2(C)CCCC2)N1. The highest BCUT2D eigenvalue weighted by Gasteiger charge is 2.29. The van der Waals surface area contributed by atoms with Gasteiger partial charge in [-0.3, -0.25) is 4.99 Å².